The fourth-order valence-electron chi connectivity index (χ4n) is 1.84. The first-order valence-electron chi connectivity index (χ1n) is 5.43. The smallest absolute Gasteiger partial charge is 0.123 e. The van der Waals surface area contributed by atoms with Gasteiger partial charge in [-0.25, -0.2) is 0 Å². The molecule has 16 heavy (non-hydrogen) atoms. The number of benzene rings is 1. The minimum atomic E-state index is 0.448. The van der Waals surface area contributed by atoms with Crippen molar-refractivity contribution in [2.45, 2.75) is 19.0 Å². The lowest BCUT2D eigenvalue weighted by Gasteiger charge is -2.13. The maximum atomic E-state index is 5.96. The highest BCUT2D eigenvalue weighted by Gasteiger charge is 2.15. The first-order chi connectivity index (χ1) is 7.79. The molecule has 1 atom stereocenters. The second-order valence-corrected chi connectivity index (χ2v) is 4.33. The number of nitrogens with one attached hydrogen (secondary N) is 1. The molecule has 0 saturated carbocycles. The maximum absolute atomic E-state index is 5.96. The van der Waals surface area contributed by atoms with Crippen LogP contribution in [0, 0.1) is 0 Å². The third kappa shape index (κ3) is 2.88. The largest absolute Gasteiger partial charge is 0.496 e. The summed E-state index contributed by atoms with van der Waals surface area (Å²) < 4.78 is 10.6. The molecule has 1 saturated heterocycles. The molecule has 1 N–H and O–H groups in total. The van der Waals surface area contributed by atoms with Crippen molar-refractivity contribution < 1.29 is 9.47 Å². The molecular weight excluding hydrogens is 226 g/mol. The molecule has 1 aromatic rings. The van der Waals surface area contributed by atoms with Gasteiger partial charge in [-0.1, -0.05) is 11.6 Å². The fourth-order valence-corrected chi connectivity index (χ4v) is 2.03. The lowest BCUT2D eigenvalue weighted by molar-refractivity contribution is 0.189. The number of rotatable bonds is 4. The highest BCUT2D eigenvalue weighted by Crippen LogP contribution is 2.22. The molecule has 1 aromatic carbocycles. The van der Waals surface area contributed by atoms with Crippen LogP contribution in [-0.4, -0.2) is 26.4 Å². The van der Waals surface area contributed by atoms with Gasteiger partial charge in [0.05, 0.1) is 13.7 Å². The first-order valence-corrected chi connectivity index (χ1v) is 5.81. The van der Waals surface area contributed by atoms with Crippen molar-refractivity contribution in [2.75, 3.05) is 20.3 Å². The fraction of sp³-hybridized carbons (Fsp3) is 0.500. The lowest BCUT2D eigenvalue weighted by Crippen LogP contribution is -2.28. The summed E-state index contributed by atoms with van der Waals surface area (Å²) in [5, 5.41) is 4.17. The van der Waals surface area contributed by atoms with Gasteiger partial charge in [-0.2, -0.15) is 0 Å². The van der Waals surface area contributed by atoms with E-state index in [1.807, 2.05) is 18.2 Å². The Kier molecular flexibility index (Phi) is 4.04. The molecule has 1 aliphatic heterocycles. The predicted molar refractivity (Wildman–Crippen MR) is 64.1 cm³/mol. The number of ether oxygens (including phenoxy) is 2. The van der Waals surface area contributed by atoms with E-state index < -0.39 is 0 Å². The molecule has 0 bridgehead atoms. The van der Waals surface area contributed by atoms with Gasteiger partial charge in [-0.3, -0.25) is 0 Å². The SMILES string of the molecule is COc1ccc(Cl)cc1CNC1CCOC1. The van der Waals surface area contributed by atoms with E-state index in [-0.39, 0.29) is 0 Å². The molecule has 0 aliphatic carbocycles. The topological polar surface area (TPSA) is 30.5 Å². The van der Waals surface area contributed by atoms with Gasteiger partial charge in [0.1, 0.15) is 5.75 Å². The molecule has 0 aromatic heterocycles. The molecule has 0 radical (unpaired) electrons. The summed E-state index contributed by atoms with van der Waals surface area (Å²) in [6.07, 6.45) is 1.07. The maximum Gasteiger partial charge on any atom is 0.123 e. The quantitative estimate of drug-likeness (QED) is 0.877. The van der Waals surface area contributed by atoms with Gasteiger partial charge in [-0.15, -0.1) is 0 Å². The summed E-state index contributed by atoms with van der Waals surface area (Å²) in [5.41, 5.74) is 1.09. The minimum absolute atomic E-state index is 0.448. The number of hydrogen-bond donors (Lipinski definition) is 1. The molecule has 1 heterocycles. The molecule has 0 spiro atoms. The van der Waals surface area contributed by atoms with Gasteiger partial charge in [0.15, 0.2) is 0 Å². The van der Waals surface area contributed by atoms with Crippen molar-refractivity contribution in [3.05, 3.63) is 28.8 Å². The van der Waals surface area contributed by atoms with Crippen molar-refractivity contribution >= 4 is 11.6 Å². The van der Waals surface area contributed by atoms with Crippen molar-refractivity contribution in [3.63, 3.8) is 0 Å². The lowest BCUT2D eigenvalue weighted by atomic mass is 10.2. The highest BCUT2D eigenvalue weighted by molar-refractivity contribution is 6.30. The summed E-state index contributed by atoms with van der Waals surface area (Å²) in [4.78, 5) is 0. The molecule has 1 aliphatic rings. The first kappa shape index (κ1) is 11.7. The summed E-state index contributed by atoms with van der Waals surface area (Å²) in [5.74, 6) is 0.871. The van der Waals surface area contributed by atoms with Crippen LogP contribution in [0.4, 0.5) is 0 Å². The average Bonchev–Trinajstić information content (AvgIpc) is 2.79. The van der Waals surface area contributed by atoms with Crippen molar-refractivity contribution in [1.29, 1.82) is 0 Å². The monoisotopic (exact) mass is 241 g/mol. The van der Waals surface area contributed by atoms with E-state index >= 15 is 0 Å². The summed E-state index contributed by atoms with van der Waals surface area (Å²) in [7, 11) is 1.67. The third-order valence-electron chi connectivity index (χ3n) is 2.75. The zero-order chi connectivity index (χ0) is 11.4. The van der Waals surface area contributed by atoms with Crippen LogP contribution in [0.1, 0.15) is 12.0 Å². The number of methoxy groups -OCH3 is 1. The molecule has 1 fully saturated rings. The van der Waals surface area contributed by atoms with Crippen LogP contribution in [0.25, 0.3) is 0 Å². The Bertz CT molecular complexity index is 351. The van der Waals surface area contributed by atoms with Gasteiger partial charge < -0.3 is 14.8 Å². The molecule has 88 valence electrons. The average molecular weight is 242 g/mol. The van der Waals surface area contributed by atoms with Crippen LogP contribution in [0.15, 0.2) is 18.2 Å². The van der Waals surface area contributed by atoms with Crippen LogP contribution < -0.4 is 10.1 Å². The van der Waals surface area contributed by atoms with E-state index in [2.05, 4.69) is 5.32 Å². The van der Waals surface area contributed by atoms with E-state index in [0.717, 1.165) is 42.5 Å². The predicted octanol–water partition coefficient (Wildman–Crippen LogP) is 2.23. The molecule has 3 nitrogen and oxygen atoms in total. The Morgan fingerprint density at radius 1 is 1.56 bits per heavy atom. The van der Waals surface area contributed by atoms with E-state index in [9.17, 15) is 0 Å². The number of halogens is 1. The molecule has 0 amide bonds. The van der Waals surface area contributed by atoms with Crippen LogP contribution in [-0.2, 0) is 11.3 Å². The van der Waals surface area contributed by atoms with Gasteiger partial charge >= 0.3 is 0 Å². The van der Waals surface area contributed by atoms with Crippen molar-refractivity contribution in [2.24, 2.45) is 0 Å². The van der Waals surface area contributed by atoms with Crippen LogP contribution >= 0.6 is 11.6 Å². The Balaban J connectivity index is 1.98. The molecule has 1 unspecified atom stereocenters. The third-order valence-corrected chi connectivity index (χ3v) is 2.99. The zero-order valence-electron chi connectivity index (χ0n) is 9.33. The molecule has 2 rings (SSSR count). The van der Waals surface area contributed by atoms with E-state index in [1.54, 1.807) is 7.11 Å². The molecular formula is C12H16ClNO2. The van der Waals surface area contributed by atoms with Gasteiger partial charge in [0.2, 0.25) is 0 Å². The van der Waals surface area contributed by atoms with Crippen molar-refractivity contribution in [3.8, 4) is 5.75 Å². The summed E-state index contributed by atoms with van der Waals surface area (Å²) in [6.45, 7) is 2.41. The number of hydrogen-bond acceptors (Lipinski definition) is 3. The van der Waals surface area contributed by atoms with Crippen LogP contribution in [0.2, 0.25) is 5.02 Å². The Morgan fingerprint density at radius 2 is 2.44 bits per heavy atom. The summed E-state index contributed by atoms with van der Waals surface area (Å²) >= 11 is 5.96. The van der Waals surface area contributed by atoms with Crippen LogP contribution in [0.3, 0.4) is 0 Å². The Morgan fingerprint density at radius 3 is 3.12 bits per heavy atom. The van der Waals surface area contributed by atoms with Crippen molar-refractivity contribution in [1.82, 2.24) is 5.32 Å². The highest BCUT2D eigenvalue weighted by atomic mass is 35.5. The Labute approximate surface area is 101 Å². The second kappa shape index (κ2) is 5.53. The summed E-state index contributed by atoms with van der Waals surface area (Å²) in [6, 6.07) is 6.11. The van der Waals surface area contributed by atoms with E-state index in [0.29, 0.717) is 6.04 Å². The zero-order valence-corrected chi connectivity index (χ0v) is 10.1. The minimum Gasteiger partial charge on any atom is -0.496 e. The second-order valence-electron chi connectivity index (χ2n) is 3.90. The molecule has 4 heteroatoms. The van der Waals surface area contributed by atoms with Gasteiger partial charge in [0.25, 0.3) is 0 Å². The van der Waals surface area contributed by atoms with Crippen LogP contribution in [0.5, 0.6) is 5.75 Å². The van der Waals surface area contributed by atoms with Gasteiger partial charge in [-0.05, 0) is 24.6 Å². The van der Waals surface area contributed by atoms with E-state index in [4.69, 9.17) is 21.1 Å². The van der Waals surface area contributed by atoms with E-state index in [1.165, 1.54) is 0 Å². The Hall–Kier alpha value is -0.770. The normalized spacial score (nSPS) is 20.0. The standard InChI is InChI=1S/C12H16ClNO2/c1-15-12-3-2-10(13)6-9(12)7-14-11-4-5-16-8-11/h2-3,6,11,14H,4-5,7-8H2,1H3. The van der Waals surface area contributed by atoms with Gasteiger partial charge in [0, 0.05) is 29.8 Å².